The first-order chi connectivity index (χ1) is 15.4. The lowest BCUT2D eigenvalue weighted by Gasteiger charge is -2.19. The highest BCUT2D eigenvalue weighted by Gasteiger charge is 2.36. The molecule has 2 fully saturated rings. The molecule has 5 rings (SSSR count). The number of anilines is 1. The van der Waals surface area contributed by atoms with Gasteiger partial charge in [0.2, 0.25) is 5.88 Å². The molecule has 8 nitrogen and oxygen atoms in total. The van der Waals surface area contributed by atoms with Crippen molar-refractivity contribution >= 4 is 23.3 Å². The summed E-state index contributed by atoms with van der Waals surface area (Å²) in [7, 11) is 0. The Labute approximate surface area is 183 Å². The second-order valence-corrected chi connectivity index (χ2v) is 8.35. The van der Waals surface area contributed by atoms with Crippen LogP contribution in [-0.2, 0) is 11.2 Å². The van der Waals surface area contributed by atoms with Crippen molar-refractivity contribution in [2.75, 3.05) is 18.1 Å². The van der Waals surface area contributed by atoms with Gasteiger partial charge in [0, 0.05) is 36.7 Å². The Morgan fingerprint density at radius 3 is 2.75 bits per heavy atom. The van der Waals surface area contributed by atoms with Crippen molar-refractivity contribution in [3.05, 3.63) is 46.9 Å². The summed E-state index contributed by atoms with van der Waals surface area (Å²) in [5.41, 5.74) is 0.911. The van der Waals surface area contributed by atoms with Gasteiger partial charge in [-0.1, -0.05) is 0 Å². The van der Waals surface area contributed by atoms with E-state index >= 15 is 0 Å². The van der Waals surface area contributed by atoms with Crippen molar-refractivity contribution in [2.45, 2.75) is 38.2 Å². The molecule has 1 aromatic heterocycles. The molecule has 1 saturated carbocycles. The summed E-state index contributed by atoms with van der Waals surface area (Å²) in [6, 6.07) is 4.12. The number of rotatable bonds is 7. The number of halogens is 1. The molecule has 2 heterocycles. The highest BCUT2D eigenvalue weighted by Crippen LogP contribution is 2.33. The van der Waals surface area contributed by atoms with Crippen molar-refractivity contribution in [1.82, 2.24) is 4.98 Å². The number of carbonyl (C=O) groups excluding carboxylic acids is 2. The van der Waals surface area contributed by atoms with Crippen LogP contribution in [0.15, 0.2) is 24.4 Å². The maximum absolute atomic E-state index is 14.4. The second kappa shape index (κ2) is 7.89. The fourth-order valence-corrected chi connectivity index (χ4v) is 4.08. The number of aromatic nitrogens is 1. The van der Waals surface area contributed by atoms with E-state index < -0.39 is 17.9 Å². The van der Waals surface area contributed by atoms with Gasteiger partial charge in [-0.25, -0.2) is 14.2 Å². The Kier molecular flexibility index (Phi) is 5.03. The number of fused-ring (bicyclic) bond motifs is 1. The number of hydrogen-bond acceptors (Lipinski definition) is 6. The van der Waals surface area contributed by atoms with E-state index in [1.54, 1.807) is 6.07 Å². The number of aromatic carboxylic acids is 1. The summed E-state index contributed by atoms with van der Waals surface area (Å²) in [5.74, 6) is -1.61. The predicted molar refractivity (Wildman–Crippen MR) is 110 cm³/mol. The molecule has 1 saturated heterocycles. The lowest BCUT2D eigenvalue weighted by molar-refractivity contribution is -0.122. The Hall–Kier alpha value is -3.49. The summed E-state index contributed by atoms with van der Waals surface area (Å²) in [4.78, 5) is 42.0. The number of hydrogen-bond donors (Lipinski definition) is 1. The minimum absolute atomic E-state index is 0.0226. The Morgan fingerprint density at radius 2 is 2.00 bits per heavy atom. The van der Waals surface area contributed by atoms with Gasteiger partial charge < -0.3 is 19.5 Å². The first kappa shape index (κ1) is 20.4. The molecular weight excluding hydrogens is 419 g/mol. The zero-order chi connectivity index (χ0) is 22.4. The number of carboxylic acid groups (broad SMARTS) is 1. The number of nitrogens with zero attached hydrogens (tertiary/aromatic N) is 2. The Morgan fingerprint density at radius 1 is 1.19 bits per heavy atom. The highest BCUT2D eigenvalue weighted by molar-refractivity contribution is 6.04. The topological polar surface area (TPSA) is 106 Å². The number of carboxylic acids is 1. The van der Waals surface area contributed by atoms with Crippen LogP contribution in [0.25, 0.3) is 0 Å². The zero-order valence-electron chi connectivity index (χ0n) is 17.2. The zero-order valence-corrected chi connectivity index (χ0v) is 17.2. The molecule has 3 aliphatic rings. The van der Waals surface area contributed by atoms with Crippen LogP contribution in [0.2, 0.25) is 0 Å². The lowest BCUT2D eigenvalue weighted by atomic mass is 10.1. The van der Waals surface area contributed by atoms with E-state index in [0.29, 0.717) is 42.2 Å². The van der Waals surface area contributed by atoms with Gasteiger partial charge in [-0.2, -0.15) is 0 Å². The number of carbonyl (C=O) groups is 3. The molecule has 1 amide bonds. The van der Waals surface area contributed by atoms with Crippen LogP contribution >= 0.6 is 0 Å². The highest BCUT2D eigenvalue weighted by atomic mass is 19.1. The van der Waals surface area contributed by atoms with Gasteiger partial charge in [0.15, 0.2) is 11.9 Å². The van der Waals surface area contributed by atoms with E-state index in [1.807, 2.05) is 0 Å². The molecule has 1 aromatic carbocycles. The van der Waals surface area contributed by atoms with Crippen LogP contribution in [0.4, 0.5) is 10.1 Å². The van der Waals surface area contributed by atoms with E-state index in [1.165, 1.54) is 23.2 Å². The molecule has 0 radical (unpaired) electrons. The number of pyridine rings is 1. The maximum atomic E-state index is 14.4. The molecular formula is C23H21FN2O6. The van der Waals surface area contributed by atoms with Crippen molar-refractivity contribution in [2.24, 2.45) is 5.92 Å². The van der Waals surface area contributed by atoms with Gasteiger partial charge in [0.1, 0.15) is 17.1 Å². The number of benzene rings is 1. The van der Waals surface area contributed by atoms with E-state index in [-0.39, 0.29) is 41.8 Å². The molecule has 1 atom stereocenters. The fraction of sp³-hybridized carbons (Fsp3) is 0.391. The molecule has 1 unspecified atom stereocenters. The SMILES string of the molecule is O=C(O)c1cc(OC2CCN(c3cc(F)c4c(c3)C(=O)CC4)C2=O)cnc1OCC1CC1. The average Bonchev–Trinajstić information content (AvgIpc) is 3.43. The molecule has 0 bridgehead atoms. The largest absolute Gasteiger partial charge is 0.479 e. The third-order valence-electron chi connectivity index (χ3n) is 6.04. The van der Waals surface area contributed by atoms with E-state index in [2.05, 4.69) is 4.98 Å². The number of ether oxygens (including phenoxy) is 2. The summed E-state index contributed by atoms with van der Waals surface area (Å²) >= 11 is 0. The van der Waals surface area contributed by atoms with Crippen LogP contribution in [0.3, 0.4) is 0 Å². The molecule has 1 aliphatic heterocycles. The minimum Gasteiger partial charge on any atom is -0.479 e. The summed E-state index contributed by atoms with van der Waals surface area (Å²) in [5, 5.41) is 9.49. The third-order valence-corrected chi connectivity index (χ3v) is 6.04. The van der Waals surface area contributed by atoms with Gasteiger partial charge in [0.05, 0.1) is 12.8 Å². The normalized spacial score (nSPS) is 19.9. The first-order valence-corrected chi connectivity index (χ1v) is 10.6. The molecule has 1 N–H and O–H groups in total. The monoisotopic (exact) mass is 440 g/mol. The summed E-state index contributed by atoms with van der Waals surface area (Å²) in [6.45, 7) is 0.709. The maximum Gasteiger partial charge on any atom is 0.341 e. The van der Waals surface area contributed by atoms with E-state index in [9.17, 15) is 23.9 Å². The quantitative estimate of drug-likeness (QED) is 0.705. The van der Waals surface area contributed by atoms with Crippen LogP contribution in [0.5, 0.6) is 11.6 Å². The van der Waals surface area contributed by atoms with Crippen molar-refractivity contribution in [3.8, 4) is 11.6 Å². The van der Waals surface area contributed by atoms with Crippen molar-refractivity contribution < 1.29 is 33.4 Å². The number of Topliss-reactive ketones (excluding diaryl/α,β-unsaturated/α-hetero) is 1. The molecule has 0 spiro atoms. The van der Waals surface area contributed by atoms with Gasteiger partial charge in [-0.05, 0) is 42.9 Å². The fourth-order valence-electron chi connectivity index (χ4n) is 4.08. The van der Waals surface area contributed by atoms with E-state index in [0.717, 1.165) is 12.8 Å². The average molecular weight is 440 g/mol. The summed E-state index contributed by atoms with van der Waals surface area (Å²) < 4.78 is 25.7. The Bertz CT molecular complexity index is 1130. The number of ketones is 1. The Balaban J connectivity index is 1.32. The number of amides is 1. The molecule has 32 heavy (non-hydrogen) atoms. The smallest absolute Gasteiger partial charge is 0.341 e. The van der Waals surface area contributed by atoms with Gasteiger partial charge in [-0.15, -0.1) is 0 Å². The van der Waals surface area contributed by atoms with Gasteiger partial charge >= 0.3 is 5.97 Å². The van der Waals surface area contributed by atoms with Crippen LogP contribution in [0.1, 0.15) is 52.0 Å². The summed E-state index contributed by atoms with van der Waals surface area (Å²) in [6.07, 6.45) is 3.56. The van der Waals surface area contributed by atoms with Crippen LogP contribution in [0, 0.1) is 11.7 Å². The van der Waals surface area contributed by atoms with Crippen LogP contribution < -0.4 is 14.4 Å². The van der Waals surface area contributed by atoms with Crippen LogP contribution in [-0.4, -0.2) is 47.0 Å². The van der Waals surface area contributed by atoms with Gasteiger partial charge in [-0.3, -0.25) is 9.59 Å². The molecule has 166 valence electrons. The lowest BCUT2D eigenvalue weighted by Crippen LogP contribution is -2.32. The molecule has 2 aromatic rings. The molecule has 9 heteroatoms. The minimum atomic E-state index is -1.20. The van der Waals surface area contributed by atoms with Gasteiger partial charge in [0.25, 0.3) is 5.91 Å². The third kappa shape index (κ3) is 3.79. The van der Waals surface area contributed by atoms with E-state index in [4.69, 9.17) is 9.47 Å². The first-order valence-electron chi connectivity index (χ1n) is 10.6. The molecule has 2 aliphatic carbocycles. The standard InChI is InChI=1S/C23H21FN2O6/c24-18-8-13(7-16-15(18)3-4-19(16)27)26-6-5-20(22(26)28)32-14-9-17(23(29)30)21(25-10-14)31-11-12-1-2-12/h7-10,12,20H,1-6,11H2,(H,29,30). The van der Waals surface area contributed by atoms with Crippen molar-refractivity contribution in [1.29, 1.82) is 0 Å². The second-order valence-electron chi connectivity index (χ2n) is 8.35. The van der Waals surface area contributed by atoms with Crippen molar-refractivity contribution in [3.63, 3.8) is 0 Å². The predicted octanol–water partition coefficient (Wildman–Crippen LogP) is 3.02.